The van der Waals surface area contributed by atoms with E-state index >= 15 is 0 Å². The van der Waals surface area contributed by atoms with Gasteiger partial charge in [0.05, 0.1) is 18.8 Å². The molecule has 33 heavy (non-hydrogen) atoms. The summed E-state index contributed by atoms with van der Waals surface area (Å²) in [5.41, 5.74) is 1.11. The standard InChI is InChI=1S/C24H37N7O.HI/c1-3-25-24(28-19-21(22-7-6-16-32-22)30-10-4-5-11-30)27-18-20-8-9-23(26-17-20)31-14-12-29(2)13-15-31;/h6-9,16-17,21H,3-5,10-15,18-19H2,1-2H3,(H2,25,27,28);1H. The van der Waals surface area contributed by atoms with Crippen LogP contribution in [0.4, 0.5) is 5.82 Å². The third-order valence-corrected chi connectivity index (χ3v) is 6.32. The summed E-state index contributed by atoms with van der Waals surface area (Å²) in [6.45, 7) is 10.7. The van der Waals surface area contributed by atoms with Gasteiger partial charge in [0.15, 0.2) is 5.96 Å². The average molecular weight is 568 g/mol. The maximum atomic E-state index is 5.74. The Kier molecular flexibility index (Phi) is 10.3. The smallest absolute Gasteiger partial charge is 0.191 e. The van der Waals surface area contributed by atoms with Crippen LogP contribution in [0, 0.1) is 0 Å². The highest BCUT2D eigenvalue weighted by molar-refractivity contribution is 14.0. The number of halogens is 1. The maximum Gasteiger partial charge on any atom is 0.191 e. The first-order valence-corrected chi connectivity index (χ1v) is 11.9. The highest BCUT2D eigenvalue weighted by Crippen LogP contribution is 2.24. The predicted molar refractivity (Wildman–Crippen MR) is 144 cm³/mol. The molecule has 2 aromatic rings. The van der Waals surface area contributed by atoms with Crippen LogP contribution in [0.5, 0.6) is 0 Å². The second-order valence-electron chi connectivity index (χ2n) is 8.67. The number of guanidine groups is 1. The van der Waals surface area contributed by atoms with Crippen molar-refractivity contribution in [3.63, 3.8) is 0 Å². The molecule has 4 heterocycles. The van der Waals surface area contributed by atoms with Gasteiger partial charge in [-0.2, -0.15) is 0 Å². The Morgan fingerprint density at radius 2 is 1.88 bits per heavy atom. The number of pyridine rings is 1. The Morgan fingerprint density at radius 3 is 2.52 bits per heavy atom. The number of piperazine rings is 1. The topological polar surface area (TPSA) is 72.2 Å². The minimum atomic E-state index is 0. The van der Waals surface area contributed by atoms with Crippen LogP contribution in [0.1, 0.15) is 37.1 Å². The molecule has 4 rings (SSSR count). The Bertz CT molecular complexity index is 829. The molecular formula is C24H38IN7O. The van der Waals surface area contributed by atoms with E-state index in [0.29, 0.717) is 6.54 Å². The van der Waals surface area contributed by atoms with E-state index in [1.807, 2.05) is 12.3 Å². The largest absolute Gasteiger partial charge is 0.468 e. The summed E-state index contributed by atoms with van der Waals surface area (Å²) in [4.78, 5) is 16.7. The number of furan rings is 1. The molecule has 2 fully saturated rings. The molecule has 2 N–H and O–H groups in total. The third kappa shape index (κ3) is 7.31. The van der Waals surface area contributed by atoms with E-state index in [0.717, 1.165) is 75.5 Å². The molecule has 0 aromatic carbocycles. The lowest BCUT2D eigenvalue weighted by Gasteiger charge is -2.33. The zero-order chi connectivity index (χ0) is 22.2. The fourth-order valence-electron chi connectivity index (χ4n) is 4.38. The van der Waals surface area contributed by atoms with Gasteiger partial charge in [-0.05, 0) is 63.7 Å². The first kappa shape index (κ1) is 25.8. The van der Waals surface area contributed by atoms with Crippen molar-refractivity contribution < 1.29 is 4.42 Å². The van der Waals surface area contributed by atoms with E-state index in [-0.39, 0.29) is 30.0 Å². The lowest BCUT2D eigenvalue weighted by Crippen LogP contribution is -2.44. The van der Waals surface area contributed by atoms with E-state index in [1.54, 1.807) is 6.26 Å². The van der Waals surface area contributed by atoms with Crippen molar-refractivity contribution >= 4 is 35.8 Å². The van der Waals surface area contributed by atoms with Gasteiger partial charge >= 0.3 is 0 Å². The Balaban J connectivity index is 0.00000306. The number of hydrogen-bond donors (Lipinski definition) is 2. The predicted octanol–water partition coefficient (Wildman–Crippen LogP) is 2.94. The van der Waals surface area contributed by atoms with E-state index in [4.69, 9.17) is 9.41 Å². The number of nitrogens with one attached hydrogen (secondary N) is 2. The minimum absolute atomic E-state index is 0. The monoisotopic (exact) mass is 567 g/mol. The van der Waals surface area contributed by atoms with E-state index < -0.39 is 0 Å². The molecule has 0 aliphatic carbocycles. The zero-order valence-corrected chi connectivity index (χ0v) is 22.2. The first-order valence-electron chi connectivity index (χ1n) is 11.9. The molecule has 0 amide bonds. The van der Waals surface area contributed by atoms with Crippen molar-refractivity contribution in [1.82, 2.24) is 25.4 Å². The van der Waals surface area contributed by atoms with Gasteiger partial charge < -0.3 is 24.9 Å². The number of anilines is 1. The van der Waals surface area contributed by atoms with Crippen molar-refractivity contribution in [3.05, 3.63) is 48.0 Å². The summed E-state index contributed by atoms with van der Waals surface area (Å²) in [5.74, 6) is 2.90. The number of likely N-dealkylation sites (tertiary alicyclic amines) is 1. The van der Waals surface area contributed by atoms with E-state index in [2.05, 4.69) is 62.5 Å². The molecule has 2 aliphatic heterocycles. The lowest BCUT2D eigenvalue weighted by atomic mass is 10.2. The van der Waals surface area contributed by atoms with Crippen molar-refractivity contribution in [2.45, 2.75) is 32.4 Å². The van der Waals surface area contributed by atoms with Crippen molar-refractivity contribution in [2.75, 3.05) is 64.3 Å². The normalized spacial score (nSPS) is 18.7. The quantitative estimate of drug-likeness (QED) is 0.289. The Hall–Kier alpha value is -1.85. The van der Waals surface area contributed by atoms with Gasteiger partial charge in [-0.3, -0.25) is 4.90 Å². The van der Waals surface area contributed by atoms with Gasteiger partial charge in [-0.15, -0.1) is 24.0 Å². The number of rotatable bonds is 8. The molecule has 2 aliphatic rings. The summed E-state index contributed by atoms with van der Waals surface area (Å²) in [7, 11) is 2.17. The molecule has 1 atom stereocenters. The first-order chi connectivity index (χ1) is 15.7. The summed E-state index contributed by atoms with van der Waals surface area (Å²) in [6, 6.07) is 8.53. The molecule has 8 nitrogen and oxygen atoms in total. The summed E-state index contributed by atoms with van der Waals surface area (Å²) < 4.78 is 5.74. The summed E-state index contributed by atoms with van der Waals surface area (Å²) >= 11 is 0. The van der Waals surface area contributed by atoms with Crippen LogP contribution in [0.2, 0.25) is 0 Å². The van der Waals surface area contributed by atoms with Gasteiger partial charge in [0, 0.05) is 45.5 Å². The highest BCUT2D eigenvalue weighted by atomic mass is 127. The average Bonchev–Trinajstić information content (AvgIpc) is 3.54. The molecule has 0 saturated carbocycles. The number of aliphatic imine (C=N–C) groups is 1. The summed E-state index contributed by atoms with van der Waals surface area (Å²) in [6.07, 6.45) is 6.22. The summed E-state index contributed by atoms with van der Waals surface area (Å²) in [5, 5.41) is 6.90. The molecule has 9 heteroatoms. The molecule has 0 radical (unpaired) electrons. The van der Waals surface area contributed by atoms with Gasteiger partial charge in [-0.1, -0.05) is 6.07 Å². The Labute approximate surface area is 214 Å². The molecule has 0 bridgehead atoms. The van der Waals surface area contributed by atoms with Crippen LogP contribution >= 0.6 is 24.0 Å². The van der Waals surface area contributed by atoms with Gasteiger partial charge in [-0.25, -0.2) is 9.98 Å². The van der Waals surface area contributed by atoms with Crippen molar-refractivity contribution in [1.29, 1.82) is 0 Å². The molecule has 2 saturated heterocycles. The maximum absolute atomic E-state index is 5.74. The van der Waals surface area contributed by atoms with Crippen molar-refractivity contribution in [2.24, 2.45) is 4.99 Å². The lowest BCUT2D eigenvalue weighted by molar-refractivity contribution is 0.215. The van der Waals surface area contributed by atoms with E-state index in [9.17, 15) is 0 Å². The minimum Gasteiger partial charge on any atom is -0.468 e. The SMILES string of the molecule is CCNC(=NCc1ccc(N2CCN(C)CC2)nc1)NCC(c1ccco1)N1CCCC1.I. The number of aromatic nitrogens is 1. The molecule has 182 valence electrons. The van der Waals surface area contributed by atoms with Crippen LogP contribution in [0.15, 0.2) is 46.1 Å². The van der Waals surface area contributed by atoms with Crippen LogP contribution in [-0.4, -0.2) is 80.1 Å². The van der Waals surface area contributed by atoms with Gasteiger partial charge in [0.2, 0.25) is 0 Å². The fraction of sp³-hybridized carbons (Fsp3) is 0.583. The second kappa shape index (κ2) is 13.1. The fourth-order valence-corrected chi connectivity index (χ4v) is 4.38. The van der Waals surface area contributed by atoms with Gasteiger partial charge in [0.25, 0.3) is 0 Å². The molecule has 0 spiro atoms. The number of hydrogen-bond acceptors (Lipinski definition) is 6. The van der Waals surface area contributed by atoms with Crippen LogP contribution in [-0.2, 0) is 6.54 Å². The zero-order valence-electron chi connectivity index (χ0n) is 19.9. The van der Waals surface area contributed by atoms with Crippen LogP contribution < -0.4 is 15.5 Å². The van der Waals surface area contributed by atoms with E-state index in [1.165, 1.54) is 12.8 Å². The molecule has 2 aromatic heterocycles. The second-order valence-corrected chi connectivity index (χ2v) is 8.67. The van der Waals surface area contributed by atoms with Crippen LogP contribution in [0.3, 0.4) is 0 Å². The third-order valence-electron chi connectivity index (χ3n) is 6.32. The van der Waals surface area contributed by atoms with Gasteiger partial charge in [0.1, 0.15) is 11.6 Å². The Morgan fingerprint density at radius 1 is 1.09 bits per heavy atom. The van der Waals surface area contributed by atoms with Crippen LogP contribution in [0.25, 0.3) is 0 Å². The van der Waals surface area contributed by atoms with Crippen molar-refractivity contribution in [3.8, 4) is 0 Å². The molecule has 1 unspecified atom stereocenters. The highest BCUT2D eigenvalue weighted by Gasteiger charge is 2.25. The number of likely N-dealkylation sites (N-methyl/N-ethyl adjacent to an activating group) is 1. The molecular weight excluding hydrogens is 529 g/mol. The number of nitrogens with zero attached hydrogens (tertiary/aromatic N) is 5.